The first kappa shape index (κ1) is 21.1. The van der Waals surface area contributed by atoms with Crippen LogP contribution >= 0.6 is 0 Å². The minimum absolute atomic E-state index is 0.0334. The maximum Gasteiger partial charge on any atom is 0.326 e. The van der Waals surface area contributed by atoms with E-state index in [0.717, 1.165) is 6.07 Å². The van der Waals surface area contributed by atoms with Crippen molar-refractivity contribution in [1.82, 2.24) is 4.31 Å². The van der Waals surface area contributed by atoms with Gasteiger partial charge in [0, 0.05) is 19.2 Å². The lowest BCUT2D eigenvalue weighted by molar-refractivity contribution is -0.384. The Bertz CT molecular complexity index is 804. The first-order valence-corrected chi connectivity index (χ1v) is 9.92. The molecule has 0 aliphatic carbocycles. The number of nitro benzene ring substituents is 1. The quantitative estimate of drug-likeness (QED) is 0.494. The van der Waals surface area contributed by atoms with Crippen molar-refractivity contribution in [3.8, 4) is 0 Å². The maximum absolute atomic E-state index is 12.7. The third-order valence-corrected chi connectivity index (χ3v) is 6.00. The van der Waals surface area contributed by atoms with Gasteiger partial charge in [0.1, 0.15) is 11.7 Å². The molecule has 1 aliphatic heterocycles. The number of nitrogens with zero attached hydrogens (tertiary/aromatic N) is 2. The van der Waals surface area contributed by atoms with Crippen LogP contribution in [0.15, 0.2) is 23.1 Å². The standard InChI is InChI=1S/C16H23N3O7S/c1-11(2)9-14(16(20)21)17-13-4-3-12(10-15(13)19(22)23)27(24,25)18-5-7-26-8-6-18/h3-4,10-11,14,17H,5-9H2,1-2H3,(H,20,21)/t14-/m1/s1. The number of morpholine rings is 1. The summed E-state index contributed by atoms with van der Waals surface area (Å²) in [6.07, 6.45) is 0.264. The predicted molar refractivity (Wildman–Crippen MR) is 97.2 cm³/mol. The van der Waals surface area contributed by atoms with Crippen LogP contribution in [-0.4, -0.2) is 61.1 Å². The number of hydrogen-bond acceptors (Lipinski definition) is 7. The Kier molecular flexibility index (Phi) is 6.73. The predicted octanol–water partition coefficient (Wildman–Crippen LogP) is 1.53. The lowest BCUT2D eigenvalue weighted by Gasteiger charge is -2.26. The van der Waals surface area contributed by atoms with E-state index in [-0.39, 0.29) is 49.2 Å². The van der Waals surface area contributed by atoms with Gasteiger partial charge in [0.2, 0.25) is 10.0 Å². The third kappa shape index (κ3) is 5.15. The second-order valence-corrected chi connectivity index (χ2v) is 8.56. The van der Waals surface area contributed by atoms with Crippen LogP contribution in [0.2, 0.25) is 0 Å². The number of anilines is 1. The molecule has 27 heavy (non-hydrogen) atoms. The molecule has 1 aliphatic rings. The van der Waals surface area contributed by atoms with Crippen molar-refractivity contribution >= 4 is 27.4 Å². The Morgan fingerprint density at radius 2 is 2.00 bits per heavy atom. The molecule has 1 aromatic rings. The summed E-state index contributed by atoms with van der Waals surface area (Å²) in [6.45, 7) is 4.54. The van der Waals surface area contributed by atoms with Crippen molar-refractivity contribution in [2.75, 3.05) is 31.6 Å². The Hall–Kier alpha value is -2.24. The summed E-state index contributed by atoms with van der Waals surface area (Å²) >= 11 is 0. The first-order chi connectivity index (χ1) is 12.6. The highest BCUT2D eigenvalue weighted by Gasteiger charge is 2.30. The minimum Gasteiger partial charge on any atom is -0.480 e. The van der Waals surface area contributed by atoms with Crippen molar-refractivity contribution in [3.05, 3.63) is 28.3 Å². The monoisotopic (exact) mass is 401 g/mol. The van der Waals surface area contributed by atoms with Gasteiger partial charge in [0.15, 0.2) is 0 Å². The Labute approximate surface area is 157 Å². The number of sulfonamides is 1. The van der Waals surface area contributed by atoms with Crippen molar-refractivity contribution in [1.29, 1.82) is 0 Å². The van der Waals surface area contributed by atoms with Crippen molar-refractivity contribution in [2.24, 2.45) is 5.92 Å². The van der Waals surface area contributed by atoms with E-state index in [1.807, 2.05) is 13.8 Å². The summed E-state index contributed by atoms with van der Waals surface area (Å²) < 4.78 is 31.7. The van der Waals surface area contributed by atoms with Crippen LogP contribution in [-0.2, 0) is 19.6 Å². The molecule has 1 heterocycles. The highest BCUT2D eigenvalue weighted by molar-refractivity contribution is 7.89. The van der Waals surface area contributed by atoms with Gasteiger partial charge in [-0.2, -0.15) is 4.31 Å². The fourth-order valence-electron chi connectivity index (χ4n) is 2.76. The number of benzene rings is 1. The molecule has 10 nitrogen and oxygen atoms in total. The van der Waals surface area contributed by atoms with Gasteiger partial charge in [0.05, 0.1) is 23.0 Å². The summed E-state index contributed by atoms with van der Waals surface area (Å²) in [4.78, 5) is 21.9. The van der Waals surface area contributed by atoms with Crippen molar-refractivity contribution in [2.45, 2.75) is 31.2 Å². The van der Waals surface area contributed by atoms with Gasteiger partial charge in [-0.1, -0.05) is 13.8 Å². The van der Waals surface area contributed by atoms with Crippen molar-refractivity contribution in [3.63, 3.8) is 0 Å². The molecular formula is C16H23N3O7S. The van der Waals surface area contributed by atoms with Gasteiger partial charge < -0.3 is 15.2 Å². The third-order valence-electron chi connectivity index (χ3n) is 4.11. The number of carboxylic acid groups (broad SMARTS) is 1. The smallest absolute Gasteiger partial charge is 0.326 e. The van der Waals surface area contributed by atoms with Crippen LogP contribution in [0.25, 0.3) is 0 Å². The summed E-state index contributed by atoms with van der Waals surface area (Å²) in [7, 11) is -3.89. The second kappa shape index (κ2) is 8.63. The van der Waals surface area contributed by atoms with Crippen LogP contribution in [0.5, 0.6) is 0 Å². The molecule has 150 valence electrons. The zero-order valence-corrected chi connectivity index (χ0v) is 15.9. The van der Waals surface area contributed by atoms with Gasteiger partial charge in [-0.15, -0.1) is 0 Å². The average molecular weight is 401 g/mol. The molecule has 0 amide bonds. The van der Waals surface area contributed by atoms with E-state index in [1.165, 1.54) is 16.4 Å². The molecule has 2 rings (SSSR count). The lowest BCUT2D eigenvalue weighted by Crippen LogP contribution is -2.40. The van der Waals surface area contributed by atoms with Gasteiger partial charge in [-0.05, 0) is 24.5 Å². The van der Waals surface area contributed by atoms with E-state index in [1.54, 1.807) is 0 Å². The lowest BCUT2D eigenvalue weighted by atomic mass is 10.0. The highest BCUT2D eigenvalue weighted by atomic mass is 32.2. The van der Waals surface area contributed by atoms with Gasteiger partial charge in [-0.3, -0.25) is 10.1 Å². The van der Waals surface area contributed by atoms with E-state index in [0.29, 0.717) is 0 Å². The Morgan fingerprint density at radius 3 is 2.52 bits per heavy atom. The van der Waals surface area contributed by atoms with E-state index in [9.17, 15) is 28.4 Å². The van der Waals surface area contributed by atoms with Crippen LogP contribution in [0.4, 0.5) is 11.4 Å². The number of nitro groups is 1. The number of nitrogens with one attached hydrogen (secondary N) is 1. The molecule has 0 radical (unpaired) electrons. The molecule has 1 aromatic carbocycles. The largest absolute Gasteiger partial charge is 0.480 e. The summed E-state index contributed by atoms with van der Waals surface area (Å²) in [6, 6.07) is 2.42. The Morgan fingerprint density at radius 1 is 1.37 bits per heavy atom. The number of carboxylic acids is 1. The molecule has 0 saturated carbocycles. The van der Waals surface area contributed by atoms with Crippen LogP contribution in [0, 0.1) is 16.0 Å². The summed E-state index contributed by atoms with van der Waals surface area (Å²) in [5.41, 5.74) is -0.520. The molecule has 1 atom stereocenters. The fraction of sp³-hybridized carbons (Fsp3) is 0.562. The van der Waals surface area contributed by atoms with Crippen LogP contribution in [0.1, 0.15) is 20.3 Å². The zero-order chi connectivity index (χ0) is 20.2. The maximum atomic E-state index is 12.7. The molecule has 0 bridgehead atoms. The number of hydrogen-bond donors (Lipinski definition) is 2. The SMILES string of the molecule is CC(C)C[C@@H](Nc1ccc(S(=O)(=O)N2CCOCC2)cc1[N+](=O)[O-])C(=O)O. The minimum atomic E-state index is -3.89. The normalized spacial score (nSPS) is 16.9. The number of ether oxygens (including phenoxy) is 1. The van der Waals surface area contributed by atoms with Crippen LogP contribution in [0.3, 0.4) is 0 Å². The molecule has 2 N–H and O–H groups in total. The molecule has 11 heteroatoms. The Balaban J connectivity index is 2.36. The van der Waals surface area contributed by atoms with E-state index in [2.05, 4.69) is 5.32 Å². The molecule has 0 unspecified atom stereocenters. The van der Waals surface area contributed by atoms with Gasteiger partial charge in [0.25, 0.3) is 5.69 Å². The molecule has 1 saturated heterocycles. The number of rotatable bonds is 8. The molecule has 1 fully saturated rings. The van der Waals surface area contributed by atoms with Crippen molar-refractivity contribution < 1.29 is 28.0 Å². The summed E-state index contributed by atoms with van der Waals surface area (Å²) in [5, 5.41) is 23.4. The topological polar surface area (TPSA) is 139 Å². The second-order valence-electron chi connectivity index (χ2n) is 6.62. The summed E-state index contributed by atoms with van der Waals surface area (Å²) in [5.74, 6) is -1.08. The first-order valence-electron chi connectivity index (χ1n) is 8.48. The molecular weight excluding hydrogens is 378 g/mol. The van der Waals surface area contributed by atoms with E-state index in [4.69, 9.17) is 4.74 Å². The molecule has 0 spiro atoms. The highest BCUT2D eigenvalue weighted by Crippen LogP contribution is 2.30. The number of carbonyl (C=O) groups is 1. The number of aliphatic carboxylic acids is 1. The molecule has 0 aromatic heterocycles. The van der Waals surface area contributed by atoms with Gasteiger partial charge in [-0.25, -0.2) is 13.2 Å². The van der Waals surface area contributed by atoms with E-state index < -0.39 is 32.6 Å². The zero-order valence-electron chi connectivity index (χ0n) is 15.1. The van der Waals surface area contributed by atoms with Crippen LogP contribution < -0.4 is 5.32 Å². The van der Waals surface area contributed by atoms with E-state index >= 15 is 0 Å². The fourth-order valence-corrected chi connectivity index (χ4v) is 4.19. The van der Waals surface area contributed by atoms with Gasteiger partial charge >= 0.3 is 5.97 Å². The average Bonchev–Trinajstić information content (AvgIpc) is 2.61.